The van der Waals surface area contributed by atoms with Crippen LogP contribution in [0.1, 0.15) is 0 Å². The Bertz CT molecular complexity index is 222. The molecule has 0 aliphatic rings. The molecule has 0 heterocycles. The van der Waals surface area contributed by atoms with Gasteiger partial charge in [0.05, 0.1) is 0 Å². The second-order valence-electron chi connectivity index (χ2n) is 1.63. The second-order valence-corrected chi connectivity index (χ2v) is 1.63. The van der Waals surface area contributed by atoms with Crippen molar-refractivity contribution in [1.29, 1.82) is 0 Å². The lowest BCUT2D eigenvalue weighted by Gasteiger charge is -1.93. The van der Waals surface area contributed by atoms with Crippen LogP contribution in [0.2, 0.25) is 0 Å². The molecule has 0 aromatic heterocycles. The van der Waals surface area contributed by atoms with Gasteiger partial charge in [-0.2, -0.15) is 0 Å². The number of halogens is 1. The van der Waals surface area contributed by atoms with Crippen LogP contribution in [0, 0.1) is 5.82 Å². The van der Waals surface area contributed by atoms with Crippen LogP contribution in [-0.4, -0.2) is 10.2 Å². The number of rotatable bonds is 0. The molecule has 0 saturated carbocycles. The Kier molecular flexibility index (Phi) is 1.26. The molecule has 0 spiro atoms. The largest absolute Gasteiger partial charge is 0.504 e. The summed E-state index contributed by atoms with van der Waals surface area (Å²) in [4.78, 5) is 0. The van der Waals surface area contributed by atoms with Gasteiger partial charge in [0, 0.05) is 6.07 Å². The number of aromatic hydroxyl groups is 2. The van der Waals surface area contributed by atoms with Crippen LogP contribution < -0.4 is 0 Å². The predicted octanol–water partition coefficient (Wildman–Crippen LogP) is 1.24. The SMILES string of the molecule is Oc1ccc(F)cc1O. The molecular weight excluding hydrogens is 123 g/mol. The van der Waals surface area contributed by atoms with Crippen molar-refractivity contribution >= 4 is 0 Å². The lowest BCUT2D eigenvalue weighted by atomic mass is 10.3. The quantitative estimate of drug-likeness (QED) is 0.516. The summed E-state index contributed by atoms with van der Waals surface area (Å²) in [5, 5.41) is 17.2. The van der Waals surface area contributed by atoms with Gasteiger partial charge in [-0.25, -0.2) is 4.39 Å². The summed E-state index contributed by atoms with van der Waals surface area (Å²) in [7, 11) is 0. The van der Waals surface area contributed by atoms with Crippen LogP contribution in [0.3, 0.4) is 0 Å². The summed E-state index contributed by atoms with van der Waals surface area (Å²) in [6.07, 6.45) is 0. The van der Waals surface area contributed by atoms with Crippen LogP contribution in [0.25, 0.3) is 0 Å². The van der Waals surface area contributed by atoms with Gasteiger partial charge in [-0.1, -0.05) is 0 Å². The van der Waals surface area contributed by atoms with E-state index in [1.807, 2.05) is 0 Å². The molecule has 0 bridgehead atoms. The monoisotopic (exact) mass is 128 g/mol. The third-order valence-electron chi connectivity index (χ3n) is 0.937. The highest BCUT2D eigenvalue weighted by Gasteiger charge is 1.97. The zero-order valence-corrected chi connectivity index (χ0v) is 4.50. The number of benzene rings is 1. The molecule has 0 fully saturated rings. The minimum atomic E-state index is -0.565. The summed E-state index contributed by atoms with van der Waals surface area (Å²) < 4.78 is 12.1. The first-order valence-corrected chi connectivity index (χ1v) is 2.37. The van der Waals surface area contributed by atoms with Gasteiger partial charge in [0.15, 0.2) is 11.5 Å². The highest BCUT2D eigenvalue weighted by atomic mass is 19.1. The third-order valence-corrected chi connectivity index (χ3v) is 0.937. The molecule has 0 unspecified atom stereocenters. The zero-order valence-electron chi connectivity index (χ0n) is 4.50. The van der Waals surface area contributed by atoms with Gasteiger partial charge in [-0.05, 0) is 12.1 Å². The molecule has 48 valence electrons. The first kappa shape index (κ1) is 5.88. The summed E-state index contributed by atoms with van der Waals surface area (Å²) in [6.45, 7) is 0. The van der Waals surface area contributed by atoms with E-state index in [0.717, 1.165) is 18.2 Å². The van der Waals surface area contributed by atoms with Gasteiger partial charge in [0.2, 0.25) is 0 Å². The van der Waals surface area contributed by atoms with Crippen molar-refractivity contribution in [3.05, 3.63) is 24.0 Å². The molecule has 9 heavy (non-hydrogen) atoms. The Balaban J connectivity index is 3.17. The van der Waals surface area contributed by atoms with E-state index in [1.54, 1.807) is 0 Å². The maximum Gasteiger partial charge on any atom is 0.160 e. The molecule has 1 rings (SSSR count). The van der Waals surface area contributed by atoms with Crippen molar-refractivity contribution in [3.8, 4) is 11.5 Å². The highest BCUT2D eigenvalue weighted by molar-refractivity contribution is 5.36. The second kappa shape index (κ2) is 1.93. The smallest absolute Gasteiger partial charge is 0.160 e. The van der Waals surface area contributed by atoms with Crippen LogP contribution in [0.4, 0.5) is 4.39 Å². The Morgan fingerprint density at radius 2 is 1.78 bits per heavy atom. The summed E-state index contributed by atoms with van der Waals surface area (Å²) in [5.41, 5.74) is 0. The van der Waals surface area contributed by atoms with E-state index >= 15 is 0 Å². The fourth-order valence-electron chi connectivity index (χ4n) is 0.497. The summed E-state index contributed by atoms with van der Waals surface area (Å²) in [6, 6.07) is 3.00. The van der Waals surface area contributed by atoms with E-state index in [1.165, 1.54) is 0 Å². The normalized spacial score (nSPS) is 9.44. The molecule has 0 atom stereocenters. The zero-order chi connectivity index (χ0) is 6.85. The number of phenolic OH excluding ortho intramolecular Hbond substituents is 2. The Morgan fingerprint density at radius 1 is 1.11 bits per heavy atom. The Labute approximate surface area is 51.2 Å². The first-order chi connectivity index (χ1) is 4.20. The maximum absolute atomic E-state index is 12.1. The van der Waals surface area contributed by atoms with E-state index in [2.05, 4.69) is 0 Å². The topological polar surface area (TPSA) is 40.5 Å². The van der Waals surface area contributed by atoms with E-state index in [9.17, 15) is 4.39 Å². The van der Waals surface area contributed by atoms with E-state index in [-0.39, 0.29) is 5.75 Å². The van der Waals surface area contributed by atoms with Crippen LogP contribution >= 0.6 is 0 Å². The molecule has 0 radical (unpaired) electrons. The molecular formula is C6H5FO2. The van der Waals surface area contributed by atoms with Crippen LogP contribution in [0.5, 0.6) is 11.5 Å². The average molecular weight is 128 g/mol. The van der Waals surface area contributed by atoms with Gasteiger partial charge in [0.25, 0.3) is 0 Å². The van der Waals surface area contributed by atoms with E-state index in [0.29, 0.717) is 0 Å². The minimum absolute atomic E-state index is 0.309. The van der Waals surface area contributed by atoms with Gasteiger partial charge in [0.1, 0.15) is 5.82 Å². The molecule has 0 amide bonds. The number of hydrogen-bond donors (Lipinski definition) is 2. The third kappa shape index (κ3) is 1.10. The Hall–Kier alpha value is -1.25. The van der Waals surface area contributed by atoms with Crippen LogP contribution in [0.15, 0.2) is 18.2 Å². The first-order valence-electron chi connectivity index (χ1n) is 2.37. The molecule has 0 aliphatic heterocycles. The number of phenols is 2. The van der Waals surface area contributed by atoms with Crippen LogP contribution in [-0.2, 0) is 0 Å². The average Bonchev–Trinajstić information content (AvgIpc) is 1.80. The molecule has 1 aromatic rings. The summed E-state index contributed by atoms with van der Waals surface area (Å²) in [5.74, 6) is -1.31. The lowest BCUT2D eigenvalue weighted by molar-refractivity contribution is 0.400. The van der Waals surface area contributed by atoms with Crippen molar-refractivity contribution in [2.24, 2.45) is 0 Å². The van der Waals surface area contributed by atoms with E-state index < -0.39 is 11.6 Å². The van der Waals surface area contributed by atoms with Gasteiger partial charge in [-0.15, -0.1) is 0 Å². The fraction of sp³-hybridized carbons (Fsp3) is 0. The van der Waals surface area contributed by atoms with Gasteiger partial charge in [-0.3, -0.25) is 0 Å². The Morgan fingerprint density at radius 3 is 2.22 bits per heavy atom. The molecule has 2 N–H and O–H groups in total. The molecule has 1 aromatic carbocycles. The molecule has 0 aliphatic carbocycles. The maximum atomic E-state index is 12.1. The molecule has 2 nitrogen and oxygen atoms in total. The van der Waals surface area contributed by atoms with Gasteiger partial charge >= 0.3 is 0 Å². The predicted molar refractivity (Wildman–Crippen MR) is 29.7 cm³/mol. The van der Waals surface area contributed by atoms with Crippen molar-refractivity contribution in [2.45, 2.75) is 0 Å². The molecule has 0 saturated heterocycles. The van der Waals surface area contributed by atoms with Crippen molar-refractivity contribution in [3.63, 3.8) is 0 Å². The fourth-order valence-corrected chi connectivity index (χ4v) is 0.497. The molecule has 3 heteroatoms. The van der Waals surface area contributed by atoms with Gasteiger partial charge < -0.3 is 10.2 Å². The highest BCUT2D eigenvalue weighted by Crippen LogP contribution is 2.23. The standard InChI is InChI=1S/C6H5FO2/c7-4-1-2-5(8)6(9)3-4/h1-3,8-9H. The van der Waals surface area contributed by atoms with E-state index in [4.69, 9.17) is 10.2 Å². The minimum Gasteiger partial charge on any atom is -0.504 e. The summed E-state index contributed by atoms with van der Waals surface area (Å²) >= 11 is 0. The van der Waals surface area contributed by atoms with Crippen molar-refractivity contribution in [1.82, 2.24) is 0 Å². The number of hydrogen-bond acceptors (Lipinski definition) is 2. The van der Waals surface area contributed by atoms with Crippen molar-refractivity contribution in [2.75, 3.05) is 0 Å². The van der Waals surface area contributed by atoms with Crippen molar-refractivity contribution < 1.29 is 14.6 Å². The lowest BCUT2D eigenvalue weighted by Crippen LogP contribution is -1.71.